The number of hydrogen-bond acceptors (Lipinski definition) is 4. The molecule has 1 aliphatic rings. The number of alkyl halides is 3. The van der Waals surface area contributed by atoms with Crippen molar-refractivity contribution in [3.63, 3.8) is 0 Å². The van der Waals surface area contributed by atoms with Crippen molar-refractivity contribution in [1.82, 2.24) is 0 Å². The first-order valence-electron chi connectivity index (χ1n) is 9.84. The number of benzene rings is 3. The van der Waals surface area contributed by atoms with Crippen LogP contribution in [0.15, 0.2) is 88.2 Å². The highest BCUT2D eigenvalue weighted by Gasteiger charge is 2.34. The Bertz CT molecular complexity index is 1430. The van der Waals surface area contributed by atoms with E-state index in [1.807, 2.05) is 42.5 Å². The summed E-state index contributed by atoms with van der Waals surface area (Å²) in [5.41, 5.74) is 0.241. The van der Waals surface area contributed by atoms with E-state index in [1.165, 1.54) is 17.0 Å². The zero-order chi connectivity index (χ0) is 23.2. The number of hydrogen-bond donors (Lipinski definition) is 0. The monoisotopic (exact) mass is 481 g/mol. The molecule has 0 spiro atoms. The number of furan rings is 1. The van der Waals surface area contributed by atoms with E-state index in [1.54, 1.807) is 18.2 Å². The maximum atomic E-state index is 13.2. The topological polar surface area (TPSA) is 33.5 Å². The number of fused-ring (bicyclic) bond motifs is 1. The zero-order valence-corrected chi connectivity index (χ0v) is 18.4. The van der Waals surface area contributed by atoms with E-state index in [-0.39, 0.29) is 11.7 Å². The summed E-state index contributed by atoms with van der Waals surface area (Å²) in [7, 11) is 0. The van der Waals surface area contributed by atoms with Crippen molar-refractivity contribution in [1.29, 1.82) is 0 Å². The molecule has 0 saturated carbocycles. The van der Waals surface area contributed by atoms with Gasteiger partial charge in [-0.3, -0.25) is 9.69 Å². The zero-order valence-electron chi connectivity index (χ0n) is 16.8. The van der Waals surface area contributed by atoms with Gasteiger partial charge in [-0.2, -0.15) is 13.2 Å². The molecule has 2 heterocycles. The Morgan fingerprint density at radius 1 is 0.939 bits per heavy atom. The maximum absolute atomic E-state index is 13.2. The van der Waals surface area contributed by atoms with Crippen molar-refractivity contribution in [2.24, 2.45) is 0 Å². The molecule has 164 valence electrons. The molecule has 5 rings (SSSR count). The molecule has 33 heavy (non-hydrogen) atoms. The minimum absolute atomic E-state index is 0.275. The molecular formula is C25H14F3NO2S2. The average molecular weight is 482 g/mol. The Morgan fingerprint density at radius 3 is 2.52 bits per heavy atom. The van der Waals surface area contributed by atoms with Crippen LogP contribution < -0.4 is 4.90 Å². The number of amides is 1. The molecule has 8 heteroatoms. The van der Waals surface area contributed by atoms with Crippen molar-refractivity contribution in [2.45, 2.75) is 6.18 Å². The highest BCUT2D eigenvalue weighted by Crippen LogP contribution is 2.39. The third-order valence-corrected chi connectivity index (χ3v) is 6.48. The van der Waals surface area contributed by atoms with Gasteiger partial charge in [0.15, 0.2) is 4.32 Å². The van der Waals surface area contributed by atoms with E-state index in [0.717, 1.165) is 34.7 Å². The molecule has 0 atom stereocenters. The first-order valence-corrected chi connectivity index (χ1v) is 11.1. The molecule has 0 unspecified atom stereocenters. The second-order valence-corrected chi connectivity index (χ2v) is 8.97. The molecular weight excluding hydrogens is 467 g/mol. The third kappa shape index (κ3) is 4.07. The molecule has 1 aliphatic heterocycles. The van der Waals surface area contributed by atoms with Gasteiger partial charge in [0.25, 0.3) is 5.91 Å². The van der Waals surface area contributed by atoms with Gasteiger partial charge in [-0.25, -0.2) is 0 Å². The van der Waals surface area contributed by atoms with Gasteiger partial charge in [0, 0.05) is 17.0 Å². The first kappa shape index (κ1) is 21.5. The molecule has 1 saturated heterocycles. The van der Waals surface area contributed by atoms with Crippen LogP contribution in [-0.2, 0) is 11.0 Å². The van der Waals surface area contributed by atoms with Gasteiger partial charge in [0.05, 0.1) is 16.2 Å². The normalized spacial score (nSPS) is 15.7. The summed E-state index contributed by atoms with van der Waals surface area (Å²) in [6, 6.07) is 21.5. The van der Waals surface area contributed by atoms with Crippen LogP contribution in [0.1, 0.15) is 11.3 Å². The number of rotatable bonds is 3. The van der Waals surface area contributed by atoms with Gasteiger partial charge < -0.3 is 4.42 Å². The van der Waals surface area contributed by atoms with Gasteiger partial charge in [0.2, 0.25) is 0 Å². The van der Waals surface area contributed by atoms with Gasteiger partial charge in [0.1, 0.15) is 11.5 Å². The van der Waals surface area contributed by atoms with Crippen LogP contribution in [0, 0.1) is 0 Å². The number of carbonyl (C=O) groups excluding carboxylic acids is 1. The second-order valence-electron chi connectivity index (χ2n) is 7.30. The van der Waals surface area contributed by atoms with Crippen LogP contribution in [0.5, 0.6) is 0 Å². The molecule has 0 aliphatic carbocycles. The summed E-state index contributed by atoms with van der Waals surface area (Å²) < 4.78 is 45.2. The lowest BCUT2D eigenvalue weighted by Gasteiger charge is -2.17. The lowest BCUT2D eigenvalue weighted by Crippen LogP contribution is -2.27. The van der Waals surface area contributed by atoms with Gasteiger partial charge in [-0.05, 0) is 35.7 Å². The molecule has 1 aromatic heterocycles. The smallest absolute Gasteiger partial charge is 0.416 e. The summed E-state index contributed by atoms with van der Waals surface area (Å²) in [5.74, 6) is 0.344. The Hall–Kier alpha value is -3.36. The number of halogens is 3. The van der Waals surface area contributed by atoms with E-state index in [2.05, 4.69) is 0 Å². The minimum atomic E-state index is -4.44. The predicted molar refractivity (Wildman–Crippen MR) is 129 cm³/mol. The van der Waals surface area contributed by atoms with Crippen LogP contribution in [0.25, 0.3) is 28.2 Å². The number of carbonyl (C=O) groups is 1. The van der Waals surface area contributed by atoms with Crippen LogP contribution in [0.2, 0.25) is 0 Å². The van der Waals surface area contributed by atoms with Crippen LogP contribution in [-0.4, -0.2) is 10.2 Å². The molecule has 1 fully saturated rings. The Balaban J connectivity index is 1.45. The largest absolute Gasteiger partial charge is 0.457 e. The summed E-state index contributed by atoms with van der Waals surface area (Å²) in [5, 5.41) is 1.90. The minimum Gasteiger partial charge on any atom is -0.457 e. The molecule has 0 bridgehead atoms. The van der Waals surface area contributed by atoms with E-state index in [0.29, 0.717) is 26.2 Å². The molecule has 0 radical (unpaired) electrons. The summed E-state index contributed by atoms with van der Waals surface area (Å²) >= 11 is 6.63. The van der Waals surface area contributed by atoms with E-state index >= 15 is 0 Å². The van der Waals surface area contributed by atoms with E-state index in [4.69, 9.17) is 16.6 Å². The molecule has 1 amide bonds. The number of nitrogens with zero attached hydrogens (tertiary/aromatic N) is 1. The van der Waals surface area contributed by atoms with Crippen LogP contribution in [0.4, 0.5) is 18.9 Å². The predicted octanol–water partition coefficient (Wildman–Crippen LogP) is 7.52. The third-order valence-electron chi connectivity index (χ3n) is 5.18. The quantitative estimate of drug-likeness (QED) is 0.224. The fourth-order valence-electron chi connectivity index (χ4n) is 3.64. The Kier molecular flexibility index (Phi) is 5.34. The van der Waals surface area contributed by atoms with Crippen molar-refractivity contribution in [2.75, 3.05) is 4.90 Å². The summed E-state index contributed by atoms with van der Waals surface area (Å²) in [4.78, 5) is 15.0. The second kappa shape index (κ2) is 8.20. The Labute approximate surface area is 196 Å². The maximum Gasteiger partial charge on any atom is 0.416 e. The van der Waals surface area contributed by atoms with Crippen molar-refractivity contribution < 1.29 is 22.4 Å². The van der Waals surface area contributed by atoms with Gasteiger partial charge in [-0.1, -0.05) is 72.5 Å². The number of thioether (sulfide) groups is 1. The standard InChI is InChI=1S/C25H14F3NO2S2/c26-25(27,28)17-8-3-7-16(13-17)21-12-11-18(31-21)14-22-23(30)29(24(32)33-22)20-10-4-6-15-5-1-2-9-19(15)20/h1-14H/b22-14+. The average Bonchev–Trinajstić information content (AvgIpc) is 3.37. The van der Waals surface area contributed by atoms with Crippen molar-refractivity contribution in [3.05, 3.63) is 95.1 Å². The highest BCUT2D eigenvalue weighted by atomic mass is 32.2. The summed E-state index contributed by atoms with van der Waals surface area (Å²) in [6.07, 6.45) is -2.89. The fraction of sp³-hybridized carbons (Fsp3) is 0.0400. The first-order chi connectivity index (χ1) is 15.8. The van der Waals surface area contributed by atoms with E-state index < -0.39 is 11.7 Å². The lowest BCUT2D eigenvalue weighted by molar-refractivity contribution is -0.137. The van der Waals surface area contributed by atoms with Crippen LogP contribution >= 0.6 is 24.0 Å². The van der Waals surface area contributed by atoms with Crippen molar-refractivity contribution in [3.8, 4) is 11.3 Å². The Morgan fingerprint density at radius 2 is 1.70 bits per heavy atom. The van der Waals surface area contributed by atoms with Crippen molar-refractivity contribution >= 4 is 56.7 Å². The lowest BCUT2D eigenvalue weighted by atomic mass is 10.1. The molecule has 4 aromatic rings. The van der Waals surface area contributed by atoms with E-state index in [9.17, 15) is 18.0 Å². The number of anilines is 1. The molecule has 3 nitrogen and oxygen atoms in total. The van der Waals surface area contributed by atoms with Crippen LogP contribution in [0.3, 0.4) is 0 Å². The highest BCUT2D eigenvalue weighted by molar-refractivity contribution is 8.27. The molecule has 3 aromatic carbocycles. The number of thiocarbonyl (C=S) groups is 1. The fourth-order valence-corrected chi connectivity index (χ4v) is 4.91. The SMILES string of the molecule is O=C1/C(=C\c2ccc(-c3cccc(C(F)(F)F)c3)o2)SC(=S)N1c1cccc2ccccc12. The summed E-state index contributed by atoms with van der Waals surface area (Å²) in [6.45, 7) is 0. The van der Waals surface area contributed by atoms with Gasteiger partial charge >= 0.3 is 6.18 Å². The van der Waals surface area contributed by atoms with Gasteiger partial charge in [-0.15, -0.1) is 0 Å². The molecule has 0 N–H and O–H groups in total.